The molecule has 1 aromatic rings. The monoisotopic (exact) mass is 353 g/mol. The van der Waals surface area contributed by atoms with Crippen molar-refractivity contribution in [1.82, 2.24) is 14.5 Å². The Morgan fingerprint density at radius 3 is 2.58 bits per heavy atom. The maximum Gasteiger partial charge on any atom is 0.255 e. The number of hydrogen-bond acceptors (Lipinski definition) is 4. The second-order valence-electron chi connectivity index (χ2n) is 5.90. The molecular weight excluding hydrogens is 330 g/mol. The topological polar surface area (TPSA) is 86.8 Å². The Morgan fingerprint density at radius 1 is 1.33 bits per heavy atom. The van der Waals surface area contributed by atoms with Crippen molar-refractivity contribution < 1.29 is 18.0 Å². The van der Waals surface area contributed by atoms with Crippen LogP contribution in [0.2, 0.25) is 0 Å². The normalized spacial score (nSPS) is 15.5. The number of carbonyl (C=O) groups excluding carboxylic acids is 2. The highest BCUT2D eigenvalue weighted by Gasteiger charge is 2.35. The molecule has 0 spiro atoms. The van der Waals surface area contributed by atoms with E-state index >= 15 is 0 Å². The lowest BCUT2D eigenvalue weighted by molar-refractivity contribution is -0.125. The van der Waals surface area contributed by atoms with Gasteiger partial charge in [0, 0.05) is 32.7 Å². The fraction of sp³-hybridized carbons (Fsp3) is 0.500. The van der Waals surface area contributed by atoms with E-state index in [1.807, 2.05) is 19.1 Å². The van der Waals surface area contributed by atoms with Gasteiger partial charge in [0.15, 0.2) is 0 Å². The van der Waals surface area contributed by atoms with Crippen LogP contribution in [-0.4, -0.2) is 61.9 Å². The lowest BCUT2D eigenvalue weighted by Gasteiger charge is -2.26. The van der Waals surface area contributed by atoms with Gasteiger partial charge in [0.25, 0.3) is 5.91 Å². The van der Waals surface area contributed by atoms with E-state index in [4.69, 9.17) is 0 Å². The summed E-state index contributed by atoms with van der Waals surface area (Å²) in [5.74, 6) is -0.655. The first-order valence-corrected chi connectivity index (χ1v) is 9.45. The summed E-state index contributed by atoms with van der Waals surface area (Å²) >= 11 is 0. The first-order chi connectivity index (χ1) is 11.3. The van der Waals surface area contributed by atoms with Crippen molar-refractivity contribution >= 4 is 21.8 Å². The van der Waals surface area contributed by atoms with Crippen molar-refractivity contribution in [3.05, 3.63) is 35.4 Å². The first kappa shape index (κ1) is 18.4. The van der Waals surface area contributed by atoms with E-state index in [9.17, 15) is 18.0 Å². The molecule has 0 aliphatic carbocycles. The molecule has 0 saturated heterocycles. The summed E-state index contributed by atoms with van der Waals surface area (Å²) in [7, 11) is -0.461. The van der Waals surface area contributed by atoms with Gasteiger partial charge < -0.3 is 10.2 Å². The van der Waals surface area contributed by atoms with E-state index in [0.29, 0.717) is 18.5 Å². The third-order valence-corrected chi connectivity index (χ3v) is 5.96. The van der Waals surface area contributed by atoms with Crippen LogP contribution >= 0.6 is 0 Å². The minimum absolute atomic E-state index is 0.0187. The van der Waals surface area contributed by atoms with E-state index < -0.39 is 16.1 Å². The second-order valence-corrected chi connectivity index (χ2v) is 8.21. The van der Waals surface area contributed by atoms with Crippen LogP contribution in [0.15, 0.2) is 24.3 Å². The molecule has 0 fully saturated rings. The Labute approximate surface area is 142 Å². The highest BCUT2D eigenvalue weighted by Crippen LogP contribution is 2.25. The Hall–Kier alpha value is -1.93. The van der Waals surface area contributed by atoms with Crippen molar-refractivity contribution in [3.63, 3.8) is 0 Å². The molecule has 0 unspecified atom stereocenters. The van der Waals surface area contributed by atoms with Gasteiger partial charge in [0.1, 0.15) is 6.04 Å². The highest BCUT2D eigenvalue weighted by molar-refractivity contribution is 7.89. The summed E-state index contributed by atoms with van der Waals surface area (Å²) in [5.41, 5.74) is 1.53. The average Bonchev–Trinajstić information content (AvgIpc) is 2.85. The van der Waals surface area contributed by atoms with Gasteiger partial charge in [0.2, 0.25) is 15.9 Å². The van der Waals surface area contributed by atoms with E-state index in [0.717, 1.165) is 9.87 Å². The van der Waals surface area contributed by atoms with Crippen LogP contribution in [0.1, 0.15) is 29.3 Å². The van der Waals surface area contributed by atoms with Gasteiger partial charge in [-0.25, -0.2) is 12.7 Å². The van der Waals surface area contributed by atoms with Crippen molar-refractivity contribution in [2.45, 2.75) is 25.9 Å². The van der Waals surface area contributed by atoms with Crippen LogP contribution in [0.4, 0.5) is 0 Å². The van der Waals surface area contributed by atoms with Gasteiger partial charge in [-0.1, -0.05) is 25.1 Å². The molecule has 0 bridgehead atoms. The number of fused-ring (bicyclic) bond motifs is 1. The van der Waals surface area contributed by atoms with Gasteiger partial charge in [0.05, 0.1) is 5.75 Å². The Bertz CT molecular complexity index is 731. The number of nitrogens with zero attached hydrogens (tertiary/aromatic N) is 2. The number of nitrogens with one attached hydrogen (secondary N) is 1. The number of amides is 2. The average molecular weight is 353 g/mol. The van der Waals surface area contributed by atoms with E-state index in [1.54, 1.807) is 17.0 Å². The largest absolute Gasteiger partial charge is 0.353 e. The zero-order chi connectivity index (χ0) is 17.9. The molecule has 0 radical (unpaired) electrons. The van der Waals surface area contributed by atoms with E-state index in [1.165, 1.54) is 14.1 Å². The fourth-order valence-electron chi connectivity index (χ4n) is 2.68. The lowest BCUT2D eigenvalue weighted by atomic mass is 10.1. The van der Waals surface area contributed by atoms with Crippen molar-refractivity contribution in [3.8, 4) is 0 Å². The summed E-state index contributed by atoms with van der Waals surface area (Å²) in [6.45, 7) is 2.25. The van der Waals surface area contributed by atoms with Crippen molar-refractivity contribution in [2.75, 3.05) is 26.4 Å². The number of rotatable bonds is 7. The van der Waals surface area contributed by atoms with Crippen LogP contribution in [0, 0.1) is 0 Å². The lowest BCUT2D eigenvalue weighted by Crippen LogP contribution is -2.48. The Morgan fingerprint density at radius 2 is 2.00 bits per heavy atom. The smallest absolute Gasteiger partial charge is 0.255 e. The molecule has 1 atom stereocenters. The molecule has 0 saturated carbocycles. The molecule has 1 aromatic carbocycles. The van der Waals surface area contributed by atoms with Gasteiger partial charge >= 0.3 is 0 Å². The molecule has 0 aromatic heterocycles. The predicted molar refractivity (Wildman–Crippen MR) is 90.9 cm³/mol. The first-order valence-electron chi connectivity index (χ1n) is 7.84. The minimum atomic E-state index is -3.36. The quantitative estimate of drug-likeness (QED) is 0.770. The highest BCUT2D eigenvalue weighted by atomic mass is 32.2. The molecule has 1 aliphatic heterocycles. The minimum Gasteiger partial charge on any atom is -0.353 e. The SMILES string of the molecule is CC[C@@H](C(=O)NCCS(=O)(=O)N(C)C)N1Cc2ccccc2C1=O. The zero-order valence-corrected chi connectivity index (χ0v) is 15.0. The molecule has 2 rings (SSSR count). The maximum absolute atomic E-state index is 12.5. The van der Waals surface area contributed by atoms with Crippen molar-refractivity contribution in [2.24, 2.45) is 0 Å². The van der Waals surface area contributed by atoms with Gasteiger partial charge in [-0.3, -0.25) is 9.59 Å². The summed E-state index contributed by atoms with van der Waals surface area (Å²) in [6.07, 6.45) is 0.464. The maximum atomic E-state index is 12.5. The predicted octanol–water partition coefficient (Wildman–Crippen LogP) is 0.429. The third-order valence-electron chi connectivity index (χ3n) is 4.13. The van der Waals surface area contributed by atoms with Gasteiger partial charge in [-0.05, 0) is 18.1 Å². The number of sulfonamides is 1. The van der Waals surface area contributed by atoms with Crippen LogP contribution < -0.4 is 5.32 Å². The van der Waals surface area contributed by atoms with Crippen LogP contribution in [0.3, 0.4) is 0 Å². The Balaban J connectivity index is 2.00. The molecular formula is C16H23N3O4S. The molecule has 132 valence electrons. The summed E-state index contributed by atoms with van der Waals surface area (Å²) in [4.78, 5) is 26.4. The molecule has 24 heavy (non-hydrogen) atoms. The molecule has 1 heterocycles. The van der Waals surface area contributed by atoms with Crippen LogP contribution in [-0.2, 0) is 21.4 Å². The zero-order valence-electron chi connectivity index (χ0n) is 14.2. The van der Waals surface area contributed by atoms with E-state index in [-0.39, 0.29) is 24.1 Å². The number of benzene rings is 1. The fourth-order valence-corrected chi connectivity index (χ4v) is 3.40. The number of carbonyl (C=O) groups is 2. The third kappa shape index (κ3) is 3.76. The van der Waals surface area contributed by atoms with Gasteiger partial charge in [-0.15, -0.1) is 0 Å². The molecule has 1 aliphatic rings. The van der Waals surface area contributed by atoms with Crippen molar-refractivity contribution in [1.29, 1.82) is 0 Å². The van der Waals surface area contributed by atoms with Crippen LogP contribution in [0.25, 0.3) is 0 Å². The molecule has 1 N–H and O–H groups in total. The Kier molecular flexibility index (Phi) is 5.61. The second kappa shape index (κ2) is 7.31. The van der Waals surface area contributed by atoms with Crippen LogP contribution in [0.5, 0.6) is 0 Å². The van der Waals surface area contributed by atoms with Gasteiger partial charge in [-0.2, -0.15) is 0 Å². The molecule has 7 nitrogen and oxygen atoms in total. The van der Waals surface area contributed by atoms with E-state index in [2.05, 4.69) is 5.32 Å². The summed E-state index contributed by atoms with van der Waals surface area (Å²) in [5, 5.41) is 2.63. The molecule has 8 heteroatoms. The summed E-state index contributed by atoms with van der Waals surface area (Å²) in [6, 6.07) is 6.69. The standard InChI is InChI=1S/C16H23N3O4S/c1-4-14(15(20)17-9-10-24(22,23)18(2)3)19-11-12-7-5-6-8-13(12)16(19)21/h5-8,14H,4,9-11H2,1-3H3,(H,17,20)/t14-/m0/s1. The summed E-state index contributed by atoms with van der Waals surface area (Å²) < 4.78 is 24.6. The number of hydrogen-bond donors (Lipinski definition) is 1. The molecule has 2 amide bonds.